The third-order valence-corrected chi connectivity index (χ3v) is 1.07. The fraction of sp³-hybridized carbons (Fsp3) is 0.714. The zero-order chi connectivity index (χ0) is 11.7. The van der Waals surface area contributed by atoms with E-state index in [9.17, 15) is 4.79 Å². The van der Waals surface area contributed by atoms with Crippen LogP contribution in [0.1, 0.15) is 6.92 Å². The second-order valence-electron chi connectivity index (χ2n) is 2.36. The van der Waals surface area contributed by atoms with Crippen LogP contribution in [0.15, 0.2) is 0 Å². The van der Waals surface area contributed by atoms with Crippen molar-refractivity contribution in [1.82, 2.24) is 0 Å². The van der Waals surface area contributed by atoms with Crippen molar-refractivity contribution >= 4 is 12.3 Å². The van der Waals surface area contributed by atoms with Gasteiger partial charge in [-0.2, -0.15) is 0 Å². The van der Waals surface area contributed by atoms with E-state index in [0.29, 0.717) is 0 Å². The molecule has 0 aliphatic heterocycles. The molecule has 0 bridgehead atoms. The first-order valence-corrected chi connectivity index (χ1v) is 3.64. The first kappa shape index (κ1) is 20.4. The number of carbonyl (C=O) groups excluding carboxylic acids is 2. The van der Waals surface area contributed by atoms with E-state index in [-0.39, 0.29) is 35.8 Å². The number of rotatable bonds is 4. The molecular formula is C7H13NaO7. The van der Waals surface area contributed by atoms with E-state index in [0.717, 1.165) is 6.92 Å². The summed E-state index contributed by atoms with van der Waals surface area (Å²) in [5.74, 6) is -1.08. The summed E-state index contributed by atoms with van der Waals surface area (Å²) in [4.78, 5) is 18.7. The van der Waals surface area contributed by atoms with Gasteiger partial charge in [0.2, 0.25) is 0 Å². The number of hydrogen-bond donors (Lipinski definition) is 4. The summed E-state index contributed by atoms with van der Waals surface area (Å²) in [6.45, 7) is 0.284. The van der Waals surface area contributed by atoms with Crippen molar-refractivity contribution < 1.29 is 64.7 Å². The number of carbonyl (C=O) groups is 2. The van der Waals surface area contributed by atoms with Crippen LogP contribution < -0.4 is 34.7 Å². The molecule has 7 nitrogen and oxygen atoms in total. The maximum absolute atomic E-state index is 9.76. The molecule has 0 aromatic heterocycles. The Morgan fingerprint density at radius 1 is 1.40 bits per heavy atom. The van der Waals surface area contributed by atoms with Crippen LogP contribution in [0.25, 0.3) is 0 Å². The van der Waals surface area contributed by atoms with Crippen LogP contribution in [0.3, 0.4) is 0 Å². The Bertz CT molecular complexity index is 171. The number of aliphatic carboxylic acids is 1. The second kappa shape index (κ2) is 12.1. The SMILES string of the molecule is CC(=O)[O-].O=C[C@H](O)[C@H](O)[C@H](O)CO.[Na+]. The van der Waals surface area contributed by atoms with E-state index in [1.807, 2.05) is 0 Å². The summed E-state index contributed by atoms with van der Waals surface area (Å²) in [6.07, 6.45) is -4.63. The Morgan fingerprint density at radius 3 is 1.93 bits per heavy atom. The standard InChI is InChI=1S/C5H10O5.C2H4O2.Na/c6-1-3(8)5(10)4(9)2-7;1-2(3)4;/h1,3-5,7-10H,2H2;1H3,(H,3,4);/q;;+1/p-1/t3-,4+,5-;;/m0../s1. The average Bonchev–Trinajstić information content (AvgIpc) is 2.13. The van der Waals surface area contributed by atoms with E-state index in [1.54, 1.807) is 0 Å². The molecule has 0 saturated carbocycles. The molecule has 3 atom stereocenters. The van der Waals surface area contributed by atoms with Crippen molar-refractivity contribution in [1.29, 1.82) is 0 Å². The van der Waals surface area contributed by atoms with Crippen LogP contribution in [0.4, 0.5) is 0 Å². The molecule has 0 aromatic carbocycles. The monoisotopic (exact) mass is 232 g/mol. The molecule has 0 saturated heterocycles. The van der Waals surface area contributed by atoms with E-state index >= 15 is 0 Å². The molecule has 84 valence electrons. The van der Waals surface area contributed by atoms with Gasteiger partial charge in [-0.15, -0.1) is 0 Å². The molecule has 0 heterocycles. The summed E-state index contributed by atoms with van der Waals surface area (Å²) in [6, 6.07) is 0. The minimum atomic E-state index is -1.64. The van der Waals surface area contributed by atoms with Gasteiger partial charge in [0.05, 0.1) is 6.61 Å². The van der Waals surface area contributed by atoms with Crippen molar-refractivity contribution in [2.24, 2.45) is 0 Å². The van der Waals surface area contributed by atoms with Gasteiger partial charge in [0, 0.05) is 5.97 Å². The molecular weight excluding hydrogens is 219 g/mol. The van der Waals surface area contributed by atoms with Crippen molar-refractivity contribution in [3.8, 4) is 0 Å². The Morgan fingerprint density at radius 2 is 1.73 bits per heavy atom. The quantitative estimate of drug-likeness (QED) is 0.279. The number of carboxylic acid groups (broad SMARTS) is 1. The molecule has 0 rings (SSSR count). The third kappa shape index (κ3) is 14.0. The number of aldehydes is 1. The molecule has 4 N–H and O–H groups in total. The summed E-state index contributed by atoms with van der Waals surface area (Å²) < 4.78 is 0. The van der Waals surface area contributed by atoms with Crippen LogP contribution in [0.2, 0.25) is 0 Å². The maximum atomic E-state index is 9.76. The molecule has 0 radical (unpaired) electrons. The summed E-state index contributed by atoms with van der Waals surface area (Å²) in [5.41, 5.74) is 0. The molecule has 0 aliphatic carbocycles. The van der Waals surface area contributed by atoms with Gasteiger partial charge in [0.15, 0.2) is 6.29 Å². The number of aliphatic hydroxyl groups excluding tert-OH is 4. The van der Waals surface area contributed by atoms with Gasteiger partial charge in [-0.05, 0) is 6.92 Å². The van der Waals surface area contributed by atoms with E-state index in [2.05, 4.69) is 0 Å². The largest absolute Gasteiger partial charge is 1.00 e. The first-order valence-electron chi connectivity index (χ1n) is 3.64. The van der Waals surface area contributed by atoms with E-state index < -0.39 is 30.9 Å². The first-order chi connectivity index (χ1) is 6.36. The maximum Gasteiger partial charge on any atom is 1.00 e. The van der Waals surface area contributed by atoms with Crippen molar-refractivity contribution in [3.05, 3.63) is 0 Å². The fourth-order valence-corrected chi connectivity index (χ4v) is 0.416. The van der Waals surface area contributed by atoms with Crippen LogP contribution >= 0.6 is 0 Å². The summed E-state index contributed by atoms with van der Waals surface area (Å²) in [7, 11) is 0. The van der Waals surface area contributed by atoms with Crippen LogP contribution in [-0.4, -0.2) is 57.6 Å². The minimum absolute atomic E-state index is 0. The molecule has 8 heteroatoms. The Hall–Kier alpha value is -0.0200. The van der Waals surface area contributed by atoms with Gasteiger partial charge in [0.1, 0.15) is 18.3 Å². The van der Waals surface area contributed by atoms with Gasteiger partial charge in [-0.1, -0.05) is 0 Å². The predicted molar refractivity (Wildman–Crippen MR) is 41.9 cm³/mol. The molecule has 0 unspecified atom stereocenters. The van der Waals surface area contributed by atoms with Crippen LogP contribution in [0.5, 0.6) is 0 Å². The van der Waals surface area contributed by atoms with E-state index in [4.69, 9.17) is 30.3 Å². The minimum Gasteiger partial charge on any atom is -0.550 e. The fourth-order valence-electron chi connectivity index (χ4n) is 0.416. The number of hydrogen-bond acceptors (Lipinski definition) is 7. The van der Waals surface area contributed by atoms with Crippen molar-refractivity contribution in [2.75, 3.05) is 6.61 Å². The molecule has 0 spiro atoms. The van der Waals surface area contributed by atoms with Gasteiger partial charge in [-0.25, -0.2) is 0 Å². The third-order valence-electron chi connectivity index (χ3n) is 1.07. The zero-order valence-electron chi connectivity index (χ0n) is 8.53. The average molecular weight is 232 g/mol. The van der Waals surface area contributed by atoms with E-state index in [1.165, 1.54) is 0 Å². The Kier molecular flexibility index (Phi) is 16.4. The predicted octanol–water partition coefficient (Wildman–Crippen LogP) is -6.98. The zero-order valence-corrected chi connectivity index (χ0v) is 10.5. The molecule has 0 aromatic rings. The summed E-state index contributed by atoms with van der Waals surface area (Å²) >= 11 is 0. The molecule has 0 amide bonds. The normalized spacial score (nSPS) is 14.7. The molecule has 15 heavy (non-hydrogen) atoms. The summed E-state index contributed by atoms with van der Waals surface area (Å²) in [5, 5.41) is 42.9. The van der Waals surface area contributed by atoms with Crippen LogP contribution in [-0.2, 0) is 9.59 Å². The number of aliphatic hydroxyl groups is 4. The van der Waals surface area contributed by atoms with Gasteiger partial charge >= 0.3 is 29.6 Å². The number of carboxylic acids is 1. The molecule has 0 fully saturated rings. The van der Waals surface area contributed by atoms with Crippen LogP contribution in [0, 0.1) is 0 Å². The van der Waals surface area contributed by atoms with Crippen molar-refractivity contribution in [2.45, 2.75) is 25.2 Å². The van der Waals surface area contributed by atoms with Crippen molar-refractivity contribution in [3.63, 3.8) is 0 Å². The second-order valence-corrected chi connectivity index (χ2v) is 2.36. The topological polar surface area (TPSA) is 138 Å². The van der Waals surface area contributed by atoms with Gasteiger partial charge < -0.3 is 35.1 Å². The van der Waals surface area contributed by atoms with Gasteiger partial charge in [0.25, 0.3) is 0 Å². The Balaban J connectivity index is -0.000000249. The Labute approximate surface area is 109 Å². The molecule has 0 aliphatic rings. The van der Waals surface area contributed by atoms with Gasteiger partial charge in [-0.3, -0.25) is 0 Å². The smallest absolute Gasteiger partial charge is 0.550 e.